The number of halogens is 3. The summed E-state index contributed by atoms with van der Waals surface area (Å²) >= 11 is 6.77. The fraction of sp³-hybridized carbons (Fsp3) is 0.0800. The third-order valence-corrected chi connectivity index (χ3v) is 6.44. The van der Waals surface area contributed by atoms with Gasteiger partial charge in [0.2, 0.25) is 0 Å². The first kappa shape index (κ1) is 23.8. The van der Waals surface area contributed by atoms with Gasteiger partial charge in [0.15, 0.2) is 0 Å². The summed E-state index contributed by atoms with van der Waals surface area (Å²) < 4.78 is 20.8. The van der Waals surface area contributed by atoms with E-state index in [9.17, 15) is 18.8 Å². The first-order valence-corrected chi connectivity index (χ1v) is 11.7. The topological polar surface area (TPSA) is 75.7 Å². The predicted octanol–water partition coefficient (Wildman–Crippen LogP) is 5.90. The van der Waals surface area contributed by atoms with Gasteiger partial charge >= 0.3 is 6.03 Å². The van der Waals surface area contributed by atoms with E-state index >= 15 is 0 Å². The second-order valence-corrected chi connectivity index (χ2v) is 9.26. The summed E-state index contributed by atoms with van der Waals surface area (Å²) in [6.45, 7) is 1.91. The molecule has 3 aromatic carbocycles. The molecule has 0 aromatic heterocycles. The van der Waals surface area contributed by atoms with Crippen LogP contribution in [0, 0.1) is 12.7 Å². The highest BCUT2D eigenvalue weighted by atomic mass is 79.9. The molecule has 1 heterocycles. The Kier molecular flexibility index (Phi) is 6.95. The minimum atomic E-state index is -0.828. The van der Waals surface area contributed by atoms with Crippen LogP contribution >= 0.6 is 31.9 Å². The van der Waals surface area contributed by atoms with E-state index in [0.717, 1.165) is 14.9 Å². The van der Waals surface area contributed by atoms with Gasteiger partial charge < -0.3 is 4.74 Å². The standard InChI is InChI=1S/C25H17Br2FN2O4/c1-14-9-19(6-7-21(14)27)30-24(32)20(23(31)29-25(30)33)12-16-11-17(26)5-8-22(16)34-13-15-3-2-4-18(28)10-15/h2-12H,13H2,1H3,(H,29,31,33)/b20-12+. The first-order chi connectivity index (χ1) is 16.2. The lowest BCUT2D eigenvalue weighted by Crippen LogP contribution is -2.54. The van der Waals surface area contributed by atoms with Gasteiger partial charge in [-0.2, -0.15) is 0 Å². The number of carbonyl (C=O) groups is 3. The number of carbonyl (C=O) groups excluding carboxylic acids is 3. The second-order valence-electron chi connectivity index (χ2n) is 7.49. The maximum atomic E-state index is 13.5. The molecule has 0 unspecified atom stereocenters. The van der Waals surface area contributed by atoms with Gasteiger partial charge in [-0.1, -0.05) is 44.0 Å². The van der Waals surface area contributed by atoms with Gasteiger partial charge in [0.1, 0.15) is 23.7 Å². The Morgan fingerprint density at radius 2 is 1.82 bits per heavy atom. The summed E-state index contributed by atoms with van der Waals surface area (Å²) in [7, 11) is 0. The van der Waals surface area contributed by atoms with Crippen molar-refractivity contribution in [3.63, 3.8) is 0 Å². The van der Waals surface area contributed by atoms with Crippen LogP contribution in [0.1, 0.15) is 16.7 Å². The van der Waals surface area contributed by atoms with Gasteiger partial charge in [0.05, 0.1) is 5.69 Å². The van der Waals surface area contributed by atoms with E-state index < -0.39 is 17.8 Å². The van der Waals surface area contributed by atoms with Crippen LogP contribution < -0.4 is 15.0 Å². The van der Waals surface area contributed by atoms with Crippen molar-refractivity contribution < 1.29 is 23.5 Å². The third kappa shape index (κ3) is 5.10. The van der Waals surface area contributed by atoms with E-state index in [4.69, 9.17) is 4.74 Å². The molecule has 1 aliphatic rings. The van der Waals surface area contributed by atoms with Gasteiger partial charge in [0.25, 0.3) is 11.8 Å². The molecule has 4 rings (SSSR count). The molecule has 0 bridgehead atoms. The van der Waals surface area contributed by atoms with Gasteiger partial charge in [-0.05, 0) is 72.7 Å². The van der Waals surface area contributed by atoms with Crippen LogP contribution in [-0.4, -0.2) is 17.8 Å². The van der Waals surface area contributed by atoms with Gasteiger partial charge in [-0.15, -0.1) is 0 Å². The van der Waals surface area contributed by atoms with Gasteiger partial charge in [-0.25, -0.2) is 14.1 Å². The molecule has 9 heteroatoms. The molecule has 6 nitrogen and oxygen atoms in total. The summed E-state index contributed by atoms with van der Waals surface area (Å²) in [4.78, 5) is 39.2. The number of nitrogens with one attached hydrogen (secondary N) is 1. The summed E-state index contributed by atoms with van der Waals surface area (Å²) in [6.07, 6.45) is 1.37. The van der Waals surface area contributed by atoms with E-state index in [1.54, 1.807) is 48.5 Å². The number of amides is 4. The van der Waals surface area contributed by atoms with Crippen LogP contribution in [-0.2, 0) is 16.2 Å². The molecule has 34 heavy (non-hydrogen) atoms. The summed E-state index contributed by atoms with van der Waals surface area (Å²) in [6, 6.07) is 15.3. The van der Waals surface area contributed by atoms with E-state index in [1.165, 1.54) is 18.2 Å². The minimum absolute atomic E-state index is 0.0818. The number of barbiturate groups is 1. The summed E-state index contributed by atoms with van der Waals surface area (Å²) in [5.74, 6) is -1.57. The molecule has 0 radical (unpaired) electrons. The van der Waals surface area contributed by atoms with Crippen LogP contribution in [0.3, 0.4) is 0 Å². The van der Waals surface area contributed by atoms with E-state index in [0.29, 0.717) is 27.0 Å². The third-order valence-electron chi connectivity index (χ3n) is 5.06. The summed E-state index contributed by atoms with van der Waals surface area (Å²) in [5, 5.41) is 2.21. The molecule has 1 N–H and O–H groups in total. The van der Waals surface area contributed by atoms with Crippen molar-refractivity contribution in [2.75, 3.05) is 4.90 Å². The highest BCUT2D eigenvalue weighted by Crippen LogP contribution is 2.30. The number of hydrogen-bond acceptors (Lipinski definition) is 4. The largest absolute Gasteiger partial charge is 0.488 e. The molecule has 1 aliphatic heterocycles. The molecule has 0 atom stereocenters. The minimum Gasteiger partial charge on any atom is -0.488 e. The predicted molar refractivity (Wildman–Crippen MR) is 133 cm³/mol. The lowest BCUT2D eigenvalue weighted by atomic mass is 10.1. The molecular formula is C25H17Br2FN2O4. The molecule has 172 valence electrons. The number of ether oxygens (including phenoxy) is 1. The zero-order valence-corrected chi connectivity index (χ0v) is 20.9. The Morgan fingerprint density at radius 3 is 2.56 bits per heavy atom. The number of aryl methyl sites for hydroxylation is 1. The van der Waals surface area contributed by atoms with Crippen LogP contribution in [0.5, 0.6) is 5.75 Å². The average Bonchev–Trinajstić information content (AvgIpc) is 2.78. The maximum Gasteiger partial charge on any atom is 0.335 e. The van der Waals surface area contributed by atoms with Crippen LogP contribution in [0.15, 0.2) is 75.2 Å². The Morgan fingerprint density at radius 1 is 1.03 bits per heavy atom. The highest BCUT2D eigenvalue weighted by molar-refractivity contribution is 9.10. The zero-order chi connectivity index (χ0) is 24.4. The normalized spacial score (nSPS) is 15.0. The van der Waals surface area contributed by atoms with Crippen molar-refractivity contribution in [2.24, 2.45) is 0 Å². The number of benzene rings is 3. The zero-order valence-electron chi connectivity index (χ0n) is 17.8. The number of nitrogens with zero attached hydrogens (tertiary/aromatic N) is 1. The van der Waals surface area contributed by atoms with Crippen molar-refractivity contribution in [3.8, 4) is 5.75 Å². The Labute approximate surface area is 211 Å². The average molecular weight is 588 g/mol. The molecule has 3 aromatic rings. The number of hydrogen-bond donors (Lipinski definition) is 1. The maximum absolute atomic E-state index is 13.5. The van der Waals surface area contributed by atoms with E-state index in [-0.39, 0.29) is 18.0 Å². The number of anilines is 1. The van der Waals surface area contributed by atoms with Crippen LogP contribution in [0.2, 0.25) is 0 Å². The number of urea groups is 1. The quantitative estimate of drug-likeness (QED) is 0.298. The Bertz CT molecular complexity index is 1360. The molecule has 0 aliphatic carbocycles. The first-order valence-electron chi connectivity index (χ1n) is 10.1. The smallest absolute Gasteiger partial charge is 0.335 e. The number of rotatable bonds is 5. The molecular weight excluding hydrogens is 571 g/mol. The van der Waals surface area contributed by atoms with E-state index in [1.807, 2.05) is 6.92 Å². The Balaban J connectivity index is 1.68. The highest BCUT2D eigenvalue weighted by Gasteiger charge is 2.37. The second kappa shape index (κ2) is 9.90. The molecule has 1 fully saturated rings. The molecule has 4 amide bonds. The molecule has 0 spiro atoms. The van der Waals surface area contributed by atoms with E-state index in [2.05, 4.69) is 37.2 Å². The number of imide groups is 2. The molecule has 1 saturated heterocycles. The lowest BCUT2D eigenvalue weighted by Gasteiger charge is -2.27. The SMILES string of the molecule is Cc1cc(N2C(=O)NC(=O)/C(=C\c3cc(Br)ccc3OCc3cccc(F)c3)C2=O)ccc1Br. The molecule has 0 saturated carbocycles. The fourth-order valence-corrected chi connectivity index (χ4v) is 3.99. The van der Waals surface area contributed by atoms with Gasteiger partial charge in [-0.3, -0.25) is 14.9 Å². The summed E-state index contributed by atoms with van der Waals surface area (Å²) in [5.41, 5.74) is 1.98. The van der Waals surface area contributed by atoms with Crippen molar-refractivity contribution >= 4 is 61.5 Å². The van der Waals surface area contributed by atoms with Crippen LogP contribution in [0.25, 0.3) is 6.08 Å². The Hall–Kier alpha value is -3.30. The van der Waals surface area contributed by atoms with Crippen molar-refractivity contribution in [1.29, 1.82) is 0 Å². The van der Waals surface area contributed by atoms with Crippen molar-refractivity contribution in [1.82, 2.24) is 5.32 Å². The fourth-order valence-electron chi connectivity index (χ4n) is 3.37. The lowest BCUT2D eigenvalue weighted by molar-refractivity contribution is -0.122. The monoisotopic (exact) mass is 586 g/mol. The van der Waals surface area contributed by atoms with Crippen LogP contribution in [0.4, 0.5) is 14.9 Å². The van der Waals surface area contributed by atoms with Crippen molar-refractivity contribution in [3.05, 3.63) is 97.7 Å². The van der Waals surface area contributed by atoms with Gasteiger partial charge in [0, 0.05) is 14.5 Å². The van der Waals surface area contributed by atoms with Crippen molar-refractivity contribution in [2.45, 2.75) is 13.5 Å².